The number of carbonyl (C=O) groups is 2. The van der Waals surface area contributed by atoms with Crippen LogP contribution in [-0.4, -0.2) is 51.4 Å². The number of pyridine rings is 2. The Kier molecular flexibility index (Phi) is 6.78. The molecule has 36 heavy (non-hydrogen) atoms. The number of aliphatic hydroxyl groups is 1. The Morgan fingerprint density at radius 1 is 1.31 bits per heavy atom. The van der Waals surface area contributed by atoms with Gasteiger partial charge in [0.25, 0.3) is 5.91 Å². The molecule has 3 heterocycles. The molecule has 188 valence electrons. The molecule has 0 radical (unpaired) electrons. The van der Waals surface area contributed by atoms with Gasteiger partial charge in [-0.3, -0.25) is 14.6 Å². The molecule has 11 heteroatoms. The zero-order valence-electron chi connectivity index (χ0n) is 19.6. The van der Waals surface area contributed by atoms with Crippen LogP contribution in [-0.2, 0) is 16.1 Å². The van der Waals surface area contributed by atoms with Crippen molar-refractivity contribution in [1.29, 1.82) is 0 Å². The molecule has 0 unspecified atom stereocenters. The second kappa shape index (κ2) is 10.00. The van der Waals surface area contributed by atoms with Crippen molar-refractivity contribution in [2.24, 2.45) is 0 Å². The van der Waals surface area contributed by atoms with Crippen molar-refractivity contribution in [2.75, 3.05) is 23.5 Å². The summed E-state index contributed by atoms with van der Waals surface area (Å²) in [6.45, 7) is 0.513. The number of hydrogen-bond acceptors (Lipinski definition) is 8. The third-order valence-electron chi connectivity index (χ3n) is 6.60. The lowest BCUT2D eigenvalue weighted by molar-refractivity contribution is -0.137. The molecule has 9 nitrogen and oxygen atoms in total. The summed E-state index contributed by atoms with van der Waals surface area (Å²) in [5.41, 5.74) is -0.249. The van der Waals surface area contributed by atoms with Crippen molar-refractivity contribution < 1.29 is 23.8 Å². The topological polar surface area (TPSA) is 125 Å². The summed E-state index contributed by atoms with van der Waals surface area (Å²) in [6.07, 6.45) is 3.17. The van der Waals surface area contributed by atoms with Crippen LogP contribution in [0.2, 0.25) is 0 Å². The van der Waals surface area contributed by atoms with Crippen molar-refractivity contribution in [3.05, 3.63) is 48.0 Å². The van der Waals surface area contributed by atoms with Gasteiger partial charge in [-0.1, -0.05) is 0 Å². The summed E-state index contributed by atoms with van der Waals surface area (Å²) < 4.78 is 19.5. The van der Waals surface area contributed by atoms with E-state index in [1.54, 1.807) is 12.1 Å². The number of hydrogen-bond donors (Lipinski definition) is 4. The van der Waals surface area contributed by atoms with Gasteiger partial charge in [-0.05, 0) is 49.9 Å². The highest BCUT2D eigenvalue weighted by Crippen LogP contribution is 2.33. The van der Waals surface area contributed by atoms with Crippen LogP contribution in [0.4, 0.5) is 15.9 Å². The van der Waals surface area contributed by atoms with Crippen molar-refractivity contribution in [2.45, 2.75) is 48.8 Å². The average Bonchev–Trinajstić information content (AvgIpc) is 2.88. The number of benzene rings is 1. The summed E-state index contributed by atoms with van der Waals surface area (Å²) in [5, 5.41) is 20.5. The van der Waals surface area contributed by atoms with Gasteiger partial charge in [0, 0.05) is 30.2 Å². The first-order valence-corrected chi connectivity index (χ1v) is 12.7. The van der Waals surface area contributed by atoms with Crippen LogP contribution >= 0.6 is 11.8 Å². The Hall–Kier alpha value is -3.28. The third-order valence-corrected chi connectivity index (χ3v) is 7.64. The highest BCUT2D eigenvalue weighted by atomic mass is 32.2. The number of ether oxygens (including phenoxy) is 1. The van der Waals surface area contributed by atoms with Crippen LogP contribution in [0.5, 0.6) is 5.75 Å². The number of nitrogens with one attached hydrogen (secondary N) is 3. The van der Waals surface area contributed by atoms with Gasteiger partial charge in [0.15, 0.2) is 5.82 Å². The van der Waals surface area contributed by atoms with E-state index < -0.39 is 17.3 Å². The zero-order valence-corrected chi connectivity index (χ0v) is 20.5. The van der Waals surface area contributed by atoms with E-state index in [1.165, 1.54) is 31.1 Å². The summed E-state index contributed by atoms with van der Waals surface area (Å²) in [5.74, 6) is 0.156. The van der Waals surface area contributed by atoms with E-state index in [9.17, 15) is 19.1 Å². The minimum atomic E-state index is -1.53. The molecule has 2 aromatic heterocycles. The van der Waals surface area contributed by atoms with Crippen molar-refractivity contribution >= 4 is 46.0 Å². The summed E-state index contributed by atoms with van der Waals surface area (Å²) in [4.78, 5) is 34.2. The van der Waals surface area contributed by atoms with Gasteiger partial charge in [-0.25, -0.2) is 9.37 Å². The van der Waals surface area contributed by atoms with E-state index in [2.05, 4.69) is 25.9 Å². The number of fused-ring (bicyclic) bond motifs is 2. The minimum Gasteiger partial charge on any atom is -0.497 e. The van der Waals surface area contributed by atoms with Crippen LogP contribution in [0.3, 0.4) is 0 Å². The van der Waals surface area contributed by atoms with E-state index in [0.717, 1.165) is 10.6 Å². The molecule has 1 aliphatic heterocycles. The van der Waals surface area contributed by atoms with Crippen LogP contribution in [0.25, 0.3) is 10.9 Å². The zero-order chi connectivity index (χ0) is 25.3. The first kappa shape index (κ1) is 24.4. The molecule has 1 saturated carbocycles. The molecule has 0 atom stereocenters. The smallest absolute Gasteiger partial charge is 0.256 e. The van der Waals surface area contributed by atoms with E-state index in [1.807, 2.05) is 12.1 Å². The van der Waals surface area contributed by atoms with E-state index >= 15 is 0 Å². The SMILES string of the molecule is COc1cc(F)c2nccc(NC(=O)[C@]3(O)CC[C@@H](NCc4ccc5c(n4)NC(=O)CS5)CC3)c2c1. The normalized spacial score (nSPS) is 21.5. The van der Waals surface area contributed by atoms with E-state index in [4.69, 9.17) is 4.74 Å². The number of thioether (sulfide) groups is 1. The minimum absolute atomic E-state index is 0.0565. The van der Waals surface area contributed by atoms with E-state index in [0.29, 0.717) is 47.8 Å². The molecule has 2 aliphatic rings. The molecule has 1 aliphatic carbocycles. The molecule has 2 amide bonds. The predicted molar refractivity (Wildman–Crippen MR) is 135 cm³/mol. The Labute approximate surface area is 211 Å². The van der Waals surface area contributed by atoms with Crippen LogP contribution in [0.1, 0.15) is 31.4 Å². The second-order valence-corrected chi connectivity index (χ2v) is 10.0. The summed E-state index contributed by atoms with van der Waals surface area (Å²) in [7, 11) is 1.43. The molecule has 0 spiro atoms. The van der Waals surface area contributed by atoms with Gasteiger partial charge in [-0.15, -0.1) is 11.8 Å². The monoisotopic (exact) mass is 511 g/mol. The van der Waals surface area contributed by atoms with Gasteiger partial charge < -0.3 is 25.8 Å². The molecule has 0 saturated heterocycles. The summed E-state index contributed by atoms with van der Waals surface area (Å²) >= 11 is 1.47. The molecule has 5 rings (SSSR count). The molecule has 1 aromatic carbocycles. The van der Waals surface area contributed by atoms with Crippen molar-refractivity contribution in [1.82, 2.24) is 15.3 Å². The number of aromatic nitrogens is 2. The third kappa shape index (κ3) is 4.99. The first-order valence-electron chi connectivity index (χ1n) is 11.7. The average molecular weight is 512 g/mol. The second-order valence-electron chi connectivity index (χ2n) is 8.99. The highest BCUT2D eigenvalue weighted by Gasteiger charge is 2.40. The number of methoxy groups -OCH3 is 1. The number of halogens is 1. The highest BCUT2D eigenvalue weighted by molar-refractivity contribution is 8.00. The lowest BCUT2D eigenvalue weighted by atomic mass is 9.81. The number of carbonyl (C=O) groups excluding carboxylic acids is 2. The lowest BCUT2D eigenvalue weighted by Crippen LogP contribution is -2.48. The van der Waals surface area contributed by atoms with Gasteiger partial charge in [0.1, 0.15) is 22.7 Å². The maximum Gasteiger partial charge on any atom is 0.256 e. The van der Waals surface area contributed by atoms with Crippen molar-refractivity contribution in [3.8, 4) is 5.75 Å². The molecule has 0 bridgehead atoms. The van der Waals surface area contributed by atoms with Crippen LogP contribution < -0.4 is 20.7 Å². The Balaban J connectivity index is 1.20. The maximum absolute atomic E-state index is 14.4. The standard InChI is InChI=1S/C25H26FN5O4S/c1-35-16-10-17-19(6-9-27-22(17)18(26)11-16)30-24(33)25(34)7-4-14(5-8-25)28-12-15-2-3-20-23(29-15)31-21(32)13-36-20/h2-3,6,9-11,14,28,34H,4-5,7-8,12-13H2,1H3,(H,27,30,33)(H,29,31,32)/t14-,25+. The molecule has 1 fully saturated rings. The largest absolute Gasteiger partial charge is 0.497 e. The van der Waals surface area contributed by atoms with Crippen LogP contribution in [0.15, 0.2) is 41.4 Å². The number of anilines is 2. The fourth-order valence-corrected chi connectivity index (χ4v) is 5.29. The molecular formula is C25H26FN5O4S. The Morgan fingerprint density at radius 2 is 2.11 bits per heavy atom. The van der Waals surface area contributed by atoms with Crippen LogP contribution in [0, 0.1) is 5.82 Å². The van der Waals surface area contributed by atoms with Gasteiger partial charge >= 0.3 is 0 Å². The first-order chi connectivity index (χ1) is 17.3. The summed E-state index contributed by atoms with van der Waals surface area (Å²) in [6, 6.07) is 8.40. The van der Waals surface area contributed by atoms with Gasteiger partial charge in [0.05, 0.1) is 29.1 Å². The Morgan fingerprint density at radius 3 is 2.89 bits per heavy atom. The molecular weight excluding hydrogens is 485 g/mol. The fourth-order valence-electron chi connectivity index (χ4n) is 4.53. The number of amides is 2. The maximum atomic E-state index is 14.4. The number of nitrogens with zero attached hydrogens (tertiary/aromatic N) is 2. The number of rotatable bonds is 6. The molecule has 4 N–H and O–H groups in total. The predicted octanol–water partition coefficient (Wildman–Crippen LogP) is 3.22. The quantitative estimate of drug-likeness (QED) is 0.398. The van der Waals surface area contributed by atoms with E-state index in [-0.39, 0.29) is 30.3 Å². The van der Waals surface area contributed by atoms with Gasteiger partial charge in [0.2, 0.25) is 5.91 Å². The molecule has 3 aromatic rings. The fraction of sp³-hybridized carbons (Fsp3) is 0.360. The lowest BCUT2D eigenvalue weighted by Gasteiger charge is -2.35. The van der Waals surface area contributed by atoms with Crippen molar-refractivity contribution in [3.63, 3.8) is 0 Å². The van der Waals surface area contributed by atoms with Gasteiger partial charge in [-0.2, -0.15) is 0 Å². The Bertz CT molecular complexity index is 1330.